The van der Waals surface area contributed by atoms with Gasteiger partial charge < -0.3 is 9.47 Å². The second kappa shape index (κ2) is 6.75. The van der Waals surface area contributed by atoms with E-state index >= 15 is 0 Å². The molecule has 1 aromatic rings. The number of rotatable bonds is 4. The highest BCUT2D eigenvalue weighted by Crippen LogP contribution is 2.33. The predicted octanol–water partition coefficient (Wildman–Crippen LogP) is 1.82. The van der Waals surface area contributed by atoms with Crippen molar-refractivity contribution in [1.82, 2.24) is 4.31 Å². The zero-order valence-electron chi connectivity index (χ0n) is 13.4. The maximum Gasteiger partial charge on any atom is 0.273 e. The van der Waals surface area contributed by atoms with Crippen LogP contribution in [-0.2, 0) is 19.5 Å². The molecule has 1 aromatic carbocycles. The minimum atomic E-state index is -3.87. The molecule has 2 aliphatic rings. The second-order valence-corrected chi connectivity index (χ2v) is 7.81. The van der Waals surface area contributed by atoms with Crippen molar-refractivity contribution in [3.05, 3.63) is 33.9 Å². The van der Waals surface area contributed by atoms with Crippen LogP contribution in [0.5, 0.6) is 0 Å². The van der Waals surface area contributed by atoms with E-state index in [2.05, 4.69) is 0 Å². The Balaban J connectivity index is 1.99. The molecule has 132 valence electrons. The van der Waals surface area contributed by atoms with E-state index in [1.165, 1.54) is 29.4 Å². The summed E-state index contributed by atoms with van der Waals surface area (Å²) >= 11 is 0. The lowest BCUT2D eigenvalue weighted by molar-refractivity contribution is -0.385. The highest BCUT2D eigenvalue weighted by atomic mass is 32.2. The van der Waals surface area contributed by atoms with Gasteiger partial charge in [0, 0.05) is 18.2 Å². The Bertz CT molecular complexity index is 729. The molecule has 0 aromatic heterocycles. The molecule has 0 radical (unpaired) electrons. The van der Waals surface area contributed by atoms with Crippen LogP contribution < -0.4 is 0 Å². The lowest BCUT2D eigenvalue weighted by Gasteiger charge is -2.37. The number of ether oxygens (including phenoxy) is 2. The average molecular weight is 356 g/mol. The van der Waals surface area contributed by atoms with Gasteiger partial charge in [-0.15, -0.1) is 0 Å². The molecule has 0 unspecified atom stereocenters. The molecule has 3 rings (SSSR count). The first-order valence-corrected chi connectivity index (χ1v) is 9.36. The molecule has 2 aliphatic heterocycles. The normalized spacial score (nSPS) is 23.5. The first-order chi connectivity index (χ1) is 11.4. The summed E-state index contributed by atoms with van der Waals surface area (Å²) in [5.41, 5.74) is -0.0434. The second-order valence-electron chi connectivity index (χ2n) is 5.95. The van der Waals surface area contributed by atoms with Crippen LogP contribution in [0.4, 0.5) is 5.69 Å². The Morgan fingerprint density at radius 3 is 2.62 bits per heavy atom. The van der Waals surface area contributed by atoms with E-state index in [-0.39, 0.29) is 16.1 Å². The first kappa shape index (κ1) is 17.3. The standard InChI is InChI=1S/C15H20N2O6S/c1-11-12(17(18)19)6-4-7-14(11)24(20,21)16-8-3-2-5-13(16)15-22-9-10-23-15/h4,6-7,13,15H,2-3,5,8-10H2,1H3/t13-/m1/s1. The summed E-state index contributed by atoms with van der Waals surface area (Å²) in [5.74, 6) is 0. The van der Waals surface area contributed by atoms with E-state index in [1.54, 1.807) is 0 Å². The molecule has 8 nitrogen and oxygen atoms in total. The number of hydrogen-bond donors (Lipinski definition) is 0. The Morgan fingerprint density at radius 2 is 1.96 bits per heavy atom. The van der Waals surface area contributed by atoms with Gasteiger partial charge in [-0.3, -0.25) is 10.1 Å². The summed E-state index contributed by atoms with van der Waals surface area (Å²) in [4.78, 5) is 10.5. The Hall–Kier alpha value is -1.55. The van der Waals surface area contributed by atoms with Crippen LogP contribution in [0.2, 0.25) is 0 Å². The summed E-state index contributed by atoms with van der Waals surface area (Å²) in [7, 11) is -3.87. The molecule has 0 bridgehead atoms. The van der Waals surface area contributed by atoms with Gasteiger partial charge in [-0.05, 0) is 25.8 Å². The minimum Gasteiger partial charge on any atom is -0.349 e. The number of nitro groups is 1. The van der Waals surface area contributed by atoms with Gasteiger partial charge in [0.25, 0.3) is 5.69 Å². The molecule has 1 atom stereocenters. The highest BCUT2D eigenvalue weighted by molar-refractivity contribution is 7.89. The fraction of sp³-hybridized carbons (Fsp3) is 0.600. The lowest BCUT2D eigenvalue weighted by atomic mass is 10.0. The summed E-state index contributed by atoms with van der Waals surface area (Å²) in [6.07, 6.45) is 1.72. The quantitative estimate of drug-likeness (QED) is 0.603. The number of hydrogen-bond acceptors (Lipinski definition) is 6. The van der Waals surface area contributed by atoms with Gasteiger partial charge in [0.15, 0.2) is 6.29 Å². The Kier molecular flexibility index (Phi) is 4.86. The third-order valence-electron chi connectivity index (χ3n) is 4.50. The van der Waals surface area contributed by atoms with Crippen molar-refractivity contribution >= 4 is 15.7 Å². The molecule has 0 spiro atoms. The van der Waals surface area contributed by atoms with Gasteiger partial charge in [-0.1, -0.05) is 12.5 Å². The van der Waals surface area contributed by atoms with Gasteiger partial charge in [0.05, 0.1) is 29.1 Å². The maximum absolute atomic E-state index is 13.1. The number of nitro benzene ring substituents is 1. The number of sulfonamides is 1. The first-order valence-electron chi connectivity index (χ1n) is 7.92. The van der Waals surface area contributed by atoms with E-state index in [4.69, 9.17) is 9.47 Å². The maximum atomic E-state index is 13.1. The zero-order chi connectivity index (χ0) is 17.3. The third-order valence-corrected chi connectivity index (χ3v) is 6.57. The SMILES string of the molecule is Cc1c([N+](=O)[O-])cccc1S(=O)(=O)N1CCCC[C@@H]1C1OCCO1. The molecule has 24 heavy (non-hydrogen) atoms. The lowest BCUT2D eigenvalue weighted by Crippen LogP contribution is -2.50. The molecule has 2 fully saturated rings. The topological polar surface area (TPSA) is 99.0 Å². The summed E-state index contributed by atoms with van der Waals surface area (Å²) in [6, 6.07) is 3.73. The minimum absolute atomic E-state index is 0.0263. The molecule has 0 aliphatic carbocycles. The van der Waals surface area contributed by atoms with Crippen molar-refractivity contribution in [2.24, 2.45) is 0 Å². The van der Waals surface area contributed by atoms with E-state index in [9.17, 15) is 18.5 Å². The number of piperidine rings is 1. The molecule has 2 heterocycles. The largest absolute Gasteiger partial charge is 0.349 e. The van der Waals surface area contributed by atoms with Crippen LogP contribution in [-0.4, -0.2) is 49.7 Å². The van der Waals surface area contributed by atoms with E-state index in [0.29, 0.717) is 26.2 Å². The third kappa shape index (κ3) is 3.04. The molecular weight excluding hydrogens is 336 g/mol. The summed E-state index contributed by atoms with van der Waals surface area (Å²) in [6.45, 7) is 2.72. The van der Waals surface area contributed by atoms with Crippen molar-refractivity contribution in [3.8, 4) is 0 Å². The van der Waals surface area contributed by atoms with Crippen molar-refractivity contribution in [3.63, 3.8) is 0 Å². The average Bonchev–Trinajstić information content (AvgIpc) is 3.09. The molecule has 2 saturated heterocycles. The predicted molar refractivity (Wildman–Crippen MR) is 85.1 cm³/mol. The van der Waals surface area contributed by atoms with Crippen molar-refractivity contribution in [1.29, 1.82) is 0 Å². The number of benzene rings is 1. The smallest absolute Gasteiger partial charge is 0.273 e. The van der Waals surface area contributed by atoms with Crippen molar-refractivity contribution < 1.29 is 22.8 Å². The Morgan fingerprint density at radius 1 is 1.25 bits per heavy atom. The van der Waals surface area contributed by atoms with Gasteiger partial charge in [0.2, 0.25) is 10.0 Å². The molecule has 0 N–H and O–H groups in total. The van der Waals surface area contributed by atoms with Crippen LogP contribution in [0.1, 0.15) is 24.8 Å². The Labute approximate surface area is 140 Å². The fourth-order valence-electron chi connectivity index (χ4n) is 3.31. The fourth-order valence-corrected chi connectivity index (χ4v) is 5.23. The van der Waals surface area contributed by atoms with Gasteiger partial charge in [0.1, 0.15) is 0 Å². The van der Waals surface area contributed by atoms with Crippen molar-refractivity contribution in [2.75, 3.05) is 19.8 Å². The van der Waals surface area contributed by atoms with Crippen LogP contribution in [0.15, 0.2) is 23.1 Å². The molecule has 0 saturated carbocycles. The summed E-state index contributed by atoms with van der Waals surface area (Å²) in [5, 5.41) is 11.1. The van der Waals surface area contributed by atoms with Crippen LogP contribution >= 0.6 is 0 Å². The van der Waals surface area contributed by atoms with Gasteiger partial charge >= 0.3 is 0 Å². The number of nitrogens with zero attached hydrogens (tertiary/aromatic N) is 2. The van der Waals surface area contributed by atoms with E-state index in [0.717, 1.165) is 12.8 Å². The van der Waals surface area contributed by atoms with Crippen LogP contribution in [0.25, 0.3) is 0 Å². The van der Waals surface area contributed by atoms with E-state index in [1.807, 2.05) is 0 Å². The van der Waals surface area contributed by atoms with Crippen molar-refractivity contribution in [2.45, 2.75) is 43.4 Å². The van der Waals surface area contributed by atoms with Crippen LogP contribution in [0.3, 0.4) is 0 Å². The zero-order valence-corrected chi connectivity index (χ0v) is 14.2. The summed E-state index contributed by atoms with van der Waals surface area (Å²) < 4.78 is 38.7. The molecular formula is C15H20N2O6S. The van der Waals surface area contributed by atoms with E-state index < -0.39 is 27.3 Å². The van der Waals surface area contributed by atoms with Gasteiger partial charge in [-0.25, -0.2) is 8.42 Å². The molecule has 0 amide bonds. The monoisotopic (exact) mass is 356 g/mol. The van der Waals surface area contributed by atoms with Crippen LogP contribution in [0, 0.1) is 17.0 Å². The molecule has 9 heteroatoms. The highest BCUT2D eigenvalue weighted by Gasteiger charge is 2.41. The van der Waals surface area contributed by atoms with Gasteiger partial charge in [-0.2, -0.15) is 4.31 Å².